The second-order valence-electron chi connectivity index (χ2n) is 6.16. The van der Waals surface area contributed by atoms with Crippen molar-refractivity contribution in [1.29, 1.82) is 0 Å². The molecule has 2 heterocycles. The summed E-state index contributed by atoms with van der Waals surface area (Å²) in [5.41, 5.74) is 0.0279. The van der Waals surface area contributed by atoms with Crippen LogP contribution in [-0.4, -0.2) is 58.6 Å². The molecule has 5 nitrogen and oxygen atoms in total. The van der Waals surface area contributed by atoms with Gasteiger partial charge in [-0.1, -0.05) is 6.07 Å². The van der Waals surface area contributed by atoms with Crippen molar-refractivity contribution in [3.05, 3.63) is 23.8 Å². The number of carbonyl (C=O) groups excluding carboxylic acids is 1. The lowest BCUT2D eigenvalue weighted by Gasteiger charge is -2.46. The Hall–Kier alpha value is -1.75. The zero-order valence-electron chi connectivity index (χ0n) is 12.3. The molecule has 1 aromatic carbocycles. The first-order valence-corrected chi connectivity index (χ1v) is 7.58. The van der Waals surface area contributed by atoms with E-state index in [9.17, 15) is 15.0 Å². The monoisotopic (exact) mass is 290 g/mol. The van der Waals surface area contributed by atoms with Gasteiger partial charge in [-0.05, 0) is 50.9 Å². The molecule has 2 N–H and O–H groups in total. The average molecular weight is 290 g/mol. The van der Waals surface area contributed by atoms with Crippen molar-refractivity contribution in [2.75, 3.05) is 26.7 Å². The molecular weight excluding hydrogens is 268 g/mol. The minimum atomic E-state index is -0.266. The maximum atomic E-state index is 12.6. The number of hydrogen-bond acceptors (Lipinski definition) is 4. The molecule has 0 saturated carbocycles. The maximum Gasteiger partial charge on any atom is 0.261 e. The van der Waals surface area contributed by atoms with Gasteiger partial charge in [0.1, 0.15) is 17.1 Å². The van der Waals surface area contributed by atoms with Crippen LogP contribution in [0, 0.1) is 5.92 Å². The van der Waals surface area contributed by atoms with Crippen LogP contribution >= 0.6 is 0 Å². The number of phenols is 2. The quantitative estimate of drug-likeness (QED) is 0.825. The number of carbonyl (C=O) groups is 1. The predicted molar refractivity (Wildman–Crippen MR) is 79.4 cm³/mol. The van der Waals surface area contributed by atoms with Gasteiger partial charge in [0.05, 0.1) is 0 Å². The van der Waals surface area contributed by atoms with Gasteiger partial charge in [0.15, 0.2) is 0 Å². The van der Waals surface area contributed by atoms with Gasteiger partial charge in [0.2, 0.25) is 0 Å². The first-order valence-electron chi connectivity index (χ1n) is 7.58. The summed E-state index contributed by atoms with van der Waals surface area (Å²) in [4.78, 5) is 16.8. The highest BCUT2D eigenvalue weighted by Crippen LogP contribution is 2.33. The summed E-state index contributed by atoms with van der Waals surface area (Å²) >= 11 is 0. The first-order chi connectivity index (χ1) is 10.1. The van der Waals surface area contributed by atoms with Crippen molar-refractivity contribution in [1.82, 2.24) is 9.80 Å². The van der Waals surface area contributed by atoms with Crippen molar-refractivity contribution in [3.8, 4) is 11.5 Å². The number of hydrogen-bond donors (Lipinski definition) is 2. The second-order valence-corrected chi connectivity index (χ2v) is 6.16. The molecule has 5 heteroatoms. The molecule has 0 spiro atoms. The summed E-state index contributed by atoms with van der Waals surface area (Å²) in [6.45, 7) is 2.52. The van der Waals surface area contributed by atoms with E-state index in [1.54, 1.807) is 4.90 Å². The Labute approximate surface area is 124 Å². The Kier molecular flexibility index (Phi) is 3.76. The van der Waals surface area contributed by atoms with Crippen LogP contribution in [0.15, 0.2) is 18.2 Å². The van der Waals surface area contributed by atoms with Gasteiger partial charge >= 0.3 is 0 Å². The highest BCUT2D eigenvalue weighted by atomic mass is 16.3. The average Bonchev–Trinajstić information content (AvgIpc) is 2.47. The summed E-state index contributed by atoms with van der Waals surface area (Å²) in [6.07, 6.45) is 3.27. The first kappa shape index (κ1) is 14.2. The topological polar surface area (TPSA) is 64.0 Å². The third-order valence-electron chi connectivity index (χ3n) is 4.87. The van der Waals surface area contributed by atoms with Crippen LogP contribution in [-0.2, 0) is 0 Å². The van der Waals surface area contributed by atoms with E-state index in [-0.39, 0.29) is 23.0 Å². The predicted octanol–water partition coefficient (Wildman–Crippen LogP) is 1.65. The SMILES string of the molecule is CN1CCCC2CN(C(=O)c3c(O)cccc3O)CCC21. The van der Waals surface area contributed by atoms with Crippen LogP contribution in [0.5, 0.6) is 11.5 Å². The molecule has 2 aliphatic heterocycles. The number of likely N-dealkylation sites (tertiary alicyclic amines) is 2. The fourth-order valence-corrected chi connectivity index (χ4v) is 3.74. The smallest absolute Gasteiger partial charge is 0.261 e. The highest BCUT2D eigenvalue weighted by molar-refractivity contribution is 5.99. The Morgan fingerprint density at radius 2 is 1.90 bits per heavy atom. The third-order valence-corrected chi connectivity index (χ3v) is 4.87. The van der Waals surface area contributed by atoms with E-state index in [1.807, 2.05) is 0 Å². The molecule has 0 aliphatic carbocycles. The lowest BCUT2D eigenvalue weighted by molar-refractivity contribution is 0.0313. The summed E-state index contributed by atoms with van der Waals surface area (Å²) in [5.74, 6) is -0.0718. The number of piperidine rings is 2. The maximum absolute atomic E-state index is 12.6. The lowest BCUT2D eigenvalue weighted by Crippen LogP contribution is -2.53. The minimum absolute atomic E-state index is 0.0279. The van der Waals surface area contributed by atoms with Gasteiger partial charge in [-0.2, -0.15) is 0 Å². The zero-order chi connectivity index (χ0) is 15.0. The number of amides is 1. The molecule has 0 radical (unpaired) electrons. The molecule has 2 saturated heterocycles. The van der Waals surface area contributed by atoms with Crippen LogP contribution in [0.25, 0.3) is 0 Å². The van der Waals surface area contributed by atoms with E-state index in [0.29, 0.717) is 25.0 Å². The molecule has 114 valence electrons. The Morgan fingerprint density at radius 1 is 1.19 bits per heavy atom. The van der Waals surface area contributed by atoms with Gasteiger partial charge < -0.3 is 20.0 Å². The summed E-state index contributed by atoms with van der Waals surface area (Å²) in [5, 5.41) is 19.7. The number of nitrogens with zero attached hydrogens (tertiary/aromatic N) is 2. The Bertz CT molecular complexity index is 526. The second kappa shape index (κ2) is 5.56. The van der Waals surface area contributed by atoms with Crippen molar-refractivity contribution in [3.63, 3.8) is 0 Å². The van der Waals surface area contributed by atoms with Crippen molar-refractivity contribution in [2.24, 2.45) is 5.92 Å². The molecular formula is C16H22N2O3. The number of benzene rings is 1. The molecule has 0 bridgehead atoms. The Morgan fingerprint density at radius 3 is 2.62 bits per heavy atom. The van der Waals surface area contributed by atoms with E-state index >= 15 is 0 Å². The molecule has 2 unspecified atom stereocenters. The normalized spacial score (nSPS) is 26.4. The van der Waals surface area contributed by atoms with Crippen LogP contribution in [0.2, 0.25) is 0 Å². The van der Waals surface area contributed by atoms with Crippen molar-refractivity contribution in [2.45, 2.75) is 25.3 Å². The van der Waals surface area contributed by atoms with Crippen LogP contribution in [0.4, 0.5) is 0 Å². The van der Waals surface area contributed by atoms with Crippen LogP contribution in [0.1, 0.15) is 29.6 Å². The van der Waals surface area contributed by atoms with E-state index in [0.717, 1.165) is 19.4 Å². The Balaban J connectivity index is 1.78. The number of rotatable bonds is 1. The van der Waals surface area contributed by atoms with Crippen molar-refractivity contribution < 1.29 is 15.0 Å². The standard InChI is InChI=1S/C16H22N2O3/c1-17-8-3-4-11-10-18(9-7-12(11)17)16(21)15-13(19)5-2-6-14(15)20/h2,5-6,11-12,19-20H,3-4,7-10H2,1H3. The molecule has 21 heavy (non-hydrogen) atoms. The molecule has 0 aromatic heterocycles. The van der Waals surface area contributed by atoms with Gasteiger partial charge in [0.25, 0.3) is 5.91 Å². The number of phenolic OH excluding ortho intramolecular Hbond substituents is 2. The van der Waals surface area contributed by atoms with Gasteiger partial charge in [-0.15, -0.1) is 0 Å². The van der Waals surface area contributed by atoms with E-state index < -0.39 is 0 Å². The lowest BCUT2D eigenvalue weighted by atomic mass is 9.84. The van der Waals surface area contributed by atoms with E-state index in [4.69, 9.17) is 0 Å². The van der Waals surface area contributed by atoms with Gasteiger partial charge in [0, 0.05) is 19.1 Å². The molecule has 1 amide bonds. The zero-order valence-corrected chi connectivity index (χ0v) is 12.3. The van der Waals surface area contributed by atoms with Crippen LogP contribution in [0.3, 0.4) is 0 Å². The minimum Gasteiger partial charge on any atom is -0.507 e. The van der Waals surface area contributed by atoms with E-state index in [1.165, 1.54) is 24.6 Å². The summed E-state index contributed by atoms with van der Waals surface area (Å²) in [6, 6.07) is 4.96. The van der Waals surface area contributed by atoms with Gasteiger partial charge in [-0.3, -0.25) is 4.79 Å². The summed E-state index contributed by atoms with van der Waals surface area (Å²) in [7, 11) is 2.16. The molecule has 2 atom stereocenters. The van der Waals surface area contributed by atoms with Crippen molar-refractivity contribution >= 4 is 5.91 Å². The van der Waals surface area contributed by atoms with Crippen LogP contribution < -0.4 is 0 Å². The molecule has 3 rings (SSSR count). The molecule has 1 aromatic rings. The largest absolute Gasteiger partial charge is 0.507 e. The fourth-order valence-electron chi connectivity index (χ4n) is 3.74. The molecule has 2 fully saturated rings. The number of fused-ring (bicyclic) bond motifs is 1. The van der Waals surface area contributed by atoms with Gasteiger partial charge in [-0.25, -0.2) is 0 Å². The third kappa shape index (κ3) is 2.58. The summed E-state index contributed by atoms with van der Waals surface area (Å²) < 4.78 is 0. The molecule has 2 aliphatic rings. The fraction of sp³-hybridized carbons (Fsp3) is 0.562. The highest BCUT2D eigenvalue weighted by Gasteiger charge is 2.36. The van der Waals surface area contributed by atoms with E-state index in [2.05, 4.69) is 11.9 Å². The number of aromatic hydroxyl groups is 2.